The Kier molecular flexibility index (Phi) is 3.49. The summed E-state index contributed by atoms with van der Waals surface area (Å²) in [6.45, 7) is 0.237. The van der Waals surface area contributed by atoms with Crippen LogP contribution in [0.15, 0.2) is 18.2 Å². The first-order valence-electron chi connectivity index (χ1n) is 4.23. The number of aliphatic hydroxyl groups excluding tert-OH is 1. The number of terminal acetylenes is 1. The lowest BCUT2D eigenvalue weighted by Gasteiger charge is -2.19. The number of nitrogens with zero attached hydrogens (tertiary/aromatic N) is 1. The Morgan fingerprint density at radius 1 is 1.57 bits per heavy atom. The first-order valence-corrected chi connectivity index (χ1v) is 4.23. The molecule has 0 aliphatic heterocycles. The SMILES string of the molecule is C#CCN(C)c1ccc(F)cc1CO. The Morgan fingerprint density at radius 3 is 2.86 bits per heavy atom. The van der Waals surface area contributed by atoms with Gasteiger partial charge in [0.1, 0.15) is 5.82 Å². The monoisotopic (exact) mass is 193 g/mol. The van der Waals surface area contributed by atoms with Gasteiger partial charge < -0.3 is 10.0 Å². The van der Waals surface area contributed by atoms with Gasteiger partial charge in [-0.1, -0.05) is 5.92 Å². The van der Waals surface area contributed by atoms with Crippen LogP contribution in [0.5, 0.6) is 0 Å². The second kappa shape index (κ2) is 4.64. The lowest BCUT2D eigenvalue weighted by atomic mass is 10.1. The largest absolute Gasteiger partial charge is 0.392 e. The Bertz CT molecular complexity index is 357. The van der Waals surface area contributed by atoms with Gasteiger partial charge in [0.25, 0.3) is 0 Å². The molecule has 0 aromatic heterocycles. The standard InChI is InChI=1S/C11H12FNO/c1-3-6-13(2)11-5-4-10(12)7-9(11)8-14/h1,4-5,7,14H,6,8H2,2H3. The average molecular weight is 193 g/mol. The summed E-state index contributed by atoms with van der Waals surface area (Å²) < 4.78 is 12.8. The molecule has 0 heterocycles. The smallest absolute Gasteiger partial charge is 0.123 e. The van der Waals surface area contributed by atoms with E-state index in [0.717, 1.165) is 5.69 Å². The van der Waals surface area contributed by atoms with Crippen LogP contribution in [0.25, 0.3) is 0 Å². The molecule has 0 spiro atoms. The van der Waals surface area contributed by atoms with Crippen LogP contribution >= 0.6 is 0 Å². The zero-order valence-corrected chi connectivity index (χ0v) is 8.00. The van der Waals surface area contributed by atoms with E-state index in [1.54, 1.807) is 18.0 Å². The number of hydrogen-bond acceptors (Lipinski definition) is 2. The lowest BCUT2D eigenvalue weighted by molar-refractivity contribution is 0.281. The predicted molar refractivity (Wildman–Crippen MR) is 54.4 cm³/mol. The first kappa shape index (κ1) is 10.6. The molecule has 0 amide bonds. The number of benzene rings is 1. The van der Waals surface area contributed by atoms with Crippen LogP contribution in [0.4, 0.5) is 10.1 Å². The summed E-state index contributed by atoms with van der Waals surface area (Å²) in [5.74, 6) is 2.13. The summed E-state index contributed by atoms with van der Waals surface area (Å²) in [5.41, 5.74) is 1.30. The van der Waals surface area contributed by atoms with Crippen molar-refractivity contribution in [2.45, 2.75) is 6.61 Å². The molecule has 74 valence electrons. The number of halogens is 1. The molecule has 1 N–H and O–H groups in total. The highest BCUT2D eigenvalue weighted by Gasteiger charge is 2.06. The Balaban J connectivity index is 3.02. The van der Waals surface area contributed by atoms with Crippen molar-refractivity contribution in [3.63, 3.8) is 0 Å². The zero-order chi connectivity index (χ0) is 10.6. The summed E-state index contributed by atoms with van der Waals surface area (Å²) >= 11 is 0. The minimum atomic E-state index is -0.355. The van der Waals surface area contributed by atoms with E-state index >= 15 is 0 Å². The van der Waals surface area contributed by atoms with Crippen molar-refractivity contribution < 1.29 is 9.50 Å². The van der Waals surface area contributed by atoms with Gasteiger partial charge in [0, 0.05) is 18.3 Å². The molecule has 0 saturated heterocycles. The molecule has 0 saturated carbocycles. The Morgan fingerprint density at radius 2 is 2.29 bits per heavy atom. The van der Waals surface area contributed by atoms with Crippen molar-refractivity contribution in [1.82, 2.24) is 0 Å². The van der Waals surface area contributed by atoms with E-state index in [4.69, 9.17) is 11.5 Å². The van der Waals surface area contributed by atoms with Crippen molar-refractivity contribution in [2.75, 3.05) is 18.5 Å². The highest BCUT2D eigenvalue weighted by Crippen LogP contribution is 2.20. The van der Waals surface area contributed by atoms with Gasteiger partial charge >= 0.3 is 0 Å². The normalized spacial score (nSPS) is 9.57. The van der Waals surface area contributed by atoms with Gasteiger partial charge in [0.15, 0.2) is 0 Å². The van der Waals surface area contributed by atoms with Crippen LogP contribution in [0.2, 0.25) is 0 Å². The number of anilines is 1. The summed E-state index contributed by atoms with van der Waals surface area (Å²) in [4.78, 5) is 1.78. The van der Waals surface area contributed by atoms with Crippen molar-refractivity contribution in [3.8, 4) is 12.3 Å². The van der Waals surface area contributed by atoms with Crippen LogP contribution in [-0.4, -0.2) is 18.7 Å². The van der Waals surface area contributed by atoms with Crippen LogP contribution < -0.4 is 4.90 Å². The van der Waals surface area contributed by atoms with Gasteiger partial charge in [-0.25, -0.2) is 4.39 Å². The second-order valence-corrected chi connectivity index (χ2v) is 2.99. The molecule has 0 aliphatic rings. The van der Waals surface area contributed by atoms with Crippen molar-refractivity contribution in [3.05, 3.63) is 29.6 Å². The molecule has 0 atom stereocenters. The molecule has 1 rings (SSSR count). The van der Waals surface area contributed by atoms with Gasteiger partial charge in [-0.3, -0.25) is 0 Å². The maximum atomic E-state index is 12.8. The zero-order valence-electron chi connectivity index (χ0n) is 8.00. The number of aliphatic hydroxyl groups is 1. The molecule has 3 heteroatoms. The van der Waals surface area contributed by atoms with Gasteiger partial charge in [-0.05, 0) is 18.2 Å². The molecule has 0 radical (unpaired) electrons. The first-order chi connectivity index (χ1) is 6.69. The molecule has 0 fully saturated rings. The topological polar surface area (TPSA) is 23.5 Å². The Labute approximate surface area is 83.0 Å². The minimum Gasteiger partial charge on any atom is -0.392 e. The van der Waals surface area contributed by atoms with Gasteiger partial charge in [-0.15, -0.1) is 6.42 Å². The highest BCUT2D eigenvalue weighted by molar-refractivity contribution is 5.53. The summed E-state index contributed by atoms with van der Waals surface area (Å²) in [6.07, 6.45) is 5.16. The highest BCUT2D eigenvalue weighted by atomic mass is 19.1. The van der Waals surface area contributed by atoms with Crippen LogP contribution in [0, 0.1) is 18.2 Å². The molecule has 2 nitrogen and oxygen atoms in total. The van der Waals surface area contributed by atoms with E-state index in [1.165, 1.54) is 12.1 Å². The summed E-state index contributed by atoms with van der Waals surface area (Å²) in [5, 5.41) is 9.01. The minimum absolute atomic E-state index is 0.192. The van der Waals surface area contributed by atoms with E-state index in [1.807, 2.05) is 0 Å². The van der Waals surface area contributed by atoms with Gasteiger partial charge in [-0.2, -0.15) is 0 Å². The number of rotatable bonds is 3. The third kappa shape index (κ3) is 2.24. The van der Waals surface area contributed by atoms with Crippen molar-refractivity contribution >= 4 is 5.69 Å². The van der Waals surface area contributed by atoms with Crippen molar-refractivity contribution in [2.24, 2.45) is 0 Å². The molecular formula is C11H12FNO. The molecular weight excluding hydrogens is 181 g/mol. The van der Waals surface area contributed by atoms with E-state index in [-0.39, 0.29) is 12.4 Å². The van der Waals surface area contributed by atoms with Gasteiger partial charge in [0.05, 0.1) is 13.2 Å². The fourth-order valence-electron chi connectivity index (χ4n) is 1.28. The molecule has 1 aromatic carbocycles. The van der Waals surface area contributed by atoms with E-state index < -0.39 is 0 Å². The lowest BCUT2D eigenvalue weighted by Crippen LogP contribution is -2.18. The van der Waals surface area contributed by atoms with E-state index in [0.29, 0.717) is 12.1 Å². The maximum Gasteiger partial charge on any atom is 0.123 e. The van der Waals surface area contributed by atoms with Crippen LogP contribution in [-0.2, 0) is 6.61 Å². The maximum absolute atomic E-state index is 12.8. The van der Waals surface area contributed by atoms with E-state index in [2.05, 4.69) is 5.92 Å². The van der Waals surface area contributed by atoms with Crippen LogP contribution in [0.3, 0.4) is 0 Å². The average Bonchev–Trinajstić information content (AvgIpc) is 2.17. The quantitative estimate of drug-likeness (QED) is 0.733. The Hall–Kier alpha value is -1.53. The molecule has 14 heavy (non-hydrogen) atoms. The van der Waals surface area contributed by atoms with Crippen molar-refractivity contribution in [1.29, 1.82) is 0 Å². The summed E-state index contributed by atoms with van der Waals surface area (Å²) in [6, 6.07) is 4.27. The number of hydrogen-bond donors (Lipinski definition) is 1. The second-order valence-electron chi connectivity index (χ2n) is 2.99. The third-order valence-corrected chi connectivity index (χ3v) is 1.95. The van der Waals surface area contributed by atoms with E-state index in [9.17, 15) is 4.39 Å². The fraction of sp³-hybridized carbons (Fsp3) is 0.273. The molecule has 1 aromatic rings. The fourth-order valence-corrected chi connectivity index (χ4v) is 1.28. The molecule has 0 unspecified atom stereocenters. The van der Waals surface area contributed by atoms with Crippen LogP contribution in [0.1, 0.15) is 5.56 Å². The van der Waals surface area contributed by atoms with Gasteiger partial charge in [0.2, 0.25) is 0 Å². The molecule has 0 bridgehead atoms. The molecule has 0 aliphatic carbocycles. The summed E-state index contributed by atoms with van der Waals surface area (Å²) in [7, 11) is 1.80. The predicted octanol–water partition coefficient (Wildman–Crippen LogP) is 1.39. The third-order valence-electron chi connectivity index (χ3n) is 1.95.